The number of nitrogens with one attached hydrogen (secondary N) is 1. The summed E-state index contributed by atoms with van der Waals surface area (Å²) in [5.41, 5.74) is 2.52. The van der Waals surface area contributed by atoms with E-state index in [0.717, 1.165) is 29.7 Å². The van der Waals surface area contributed by atoms with Crippen LogP contribution in [0.5, 0.6) is 0 Å². The minimum Gasteiger partial charge on any atom is -0.347 e. The third-order valence-electron chi connectivity index (χ3n) is 5.97. The predicted octanol–water partition coefficient (Wildman–Crippen LogP) is 2.20. The molecule has 2 aliphatic rings. The summed E-state index contributed by atoms with van der Waals surface area (Å²) >= 11 is 0. The lowest BCUT2D eigenvalue weighted by Gasteiger charge is -2.31. The molecule has 0 aliphatic carbocycles. The van der Waals surface area contributed by atoms with Gasteiger partial charge in [0.25, 0.3) is 0 Å². The number of benzene rings is 1. The van der Waals surface area contributed by atoms with E-state index in [-0.39, 0.29) is 42.7 Å². The van der Waals surface area contributed by atoms with Gasteiger partial charge in [-0.05, 0) is 43.9 Å². The van der Waals surface area contributed by atoms with Crippen LogP contribution in [0, 0.1) is 12.7 Å². The molecule has 1 N–H and O–H groups in total. The van der Waals surface area contributed by atoms with Crippen molar-refractivity contribution in [1.29, 1.82) is 0 Å². The van der Waals surface area contributed by atoms with Crippen LogP contribution in [0.15, 0.2) is 24.3 Å². The normalized spacial score (nSPS) is 18.0. The molecule has 2 aromatic rings. The van der Waals surface area contributed by atoms with Gasteiger partial charge in [0.15, 0.2) is 5.82 Å². The van der Waals surface area contributed by atoms with Gasteiger partial charge in [0.1, 0.15) is 11.6 Å². The number of fused-ring (bicyclic) bond motifs is 1. The summed E-state index contributed by atoms with van der Waals surface area (Å²) in [6.45, 7) is 4.06. The minimum atomic E-state index is -0.329. The Labute approximate surface area is 185 Å². The number of amides is 3. The van der Waals surface area contributed by atoms with Crippen LogP contribution in [0.25, 0.3) is 0 Å². The molecule has 0 saturated carbocycles. The van der Waals surface area contributed by atoms with Gasteiger partial charge in [-0.1, -0.05) is 12.1 Å². The second-order valence-electron chi connectivity index (χ2n) is 8.23. The van der Waals surface area contributed by atoms with Crippen LogP contribution in [-0.4, -0.2) is 45.7 Å². The largest absolute Gasteiger partial charge is 0.347 e. The molecule has 1 aromatic heterocycles. The first-order valence-electron chi connectivity index (χ1n) is 10.8. The average molecular weight is 439 g/mol. The molecule has 8 nitrogen and oxygen atoms in total. The molecule has 1 aromatic carbocycles. The second-order valence-corrected chi connectivity index (χ2v) is 8.23. The van der Waals surface area contributed by atoms with E-state index in [9.17, 15) is 18.8 Å². The number of hydrogen-bond acceptors (Lipinski definition) is 5. The number of nitrogens with zero attached hydrogens (tertiary/aromatic N) is 4. The highest BCUT2D eigenvalue weighted by Crippen LogP contribution is 2.35. The highest BCUT2D eigenvalue weighted by atomic mass is 19.1. The van der Waals surface area contributed by atoms with E-state index in [0.29, 0.717) is 31.0 Å². The van der Waals surface area contributed by atoms with Crippen LogP contribution in [0.1, 0.15) is 54.9 Å². The number of aromatic nitrogens is 2. The highest BCUT2D eigenvalue weighted by molar-refractivity contribution is 5.95. The Balaban J connectivity index is 1.64. The fourth-order valence-electron chi connectivity index (χ4n) is 4.32. The van der Waals surface area contributed by atoms with Crippen molar-refractivity contribution in [2.24, 2.45) is 0 Å². The van der Waals surface area contributed by atoms with E-state index >= 15 is 0 Å². The van der Waals surface area contributed by atoms with Gasteiger partial charge in [0.05, 0.1) is 19.1 Å². The summed E-state index contributed by atoms with van der Waals surface area (Å²) in [5, 5.41) is 2.55. The highest BCUT2D eigenvalue weighted by Gasteiger charge is 2.35. The van der Waals surface area contributed by atoms with Crippen LogP contribution in [-0.2, 0) is 27.3 Å². The van der Waals surface area contributed by atoms with Crippen LogP contribution in [0.3, 0.4) is 0 Å². The molecule has 1 fully saturated rings. The van der Waals surface area contributed by atoms with Crippen molar-refractivity contribution >= 4 is 23.5 Å². The zero-order chi connectivity index (χ0) is 22.8. The smallest absolute Gasteiger partial charge is 0.242 e. The van der Waals surface area contributed by atoms with E-state index < -0.39 is 0 Å². The van der Waals surface area contributed by atoms with Crippen molar-refractivity contribution in [2.75, 3.05) is 18.0 Å². The number of halogens is 1. The van der Waals surface area contributed by atoms with Crippen molar-refractivity contribution in [3.05, 3.63) is 52.7 Å². The molecule has 0 bridgehead atoms. The first-order chi connectivity index (χ1) is 15.3. The van der Waals surface area contributed by atoms with Gasteiger partial charge in [-0.15, -0.1) is 0 Å². The molecule has 0 spiro atoms. The van der Waals surface area contributed by atoms with Gasteiger partial charge in [-0.25, -0.2) is 14.4 Å². The fraction of sp³-hybridized carbons (Fsp3) is 0.435. The quantitative estimate of drug-likeness (QED) is 0.771. The van der Waals surface area contributed by atoms with Crippen molar-refractivity contribution in [3.8, 4) is 0 Å². The summed E-state index contributed by atoms with van der Waals surface area (Å²) in [7, 11) is 0. The molecular weight excluding hydrogens is 413 g/mol. The summed E-state index contributed by atoms with van der Waals surface area (Å²) in [5.74, 6) is 0.259. The maximum Gasteiger partial charge on any atom is 0.242 e. The molecule has 9 heteroatoms. The molecule has 1 saturated heterocycles. The first-order valence-corrected chi connectivity index (χ1v) is 10.8. The van der Waals surface area contributed by atoms with Crippen molar-refractivity contribution in [3.63, 3.8) is 0 Å². The third kappa shape index (κ3) is 4.46. The van der Waals surface area contributed by atoms with E-state index in [2.05, 4.69) is 5.32 Å². The summed E-state index contributed by atoms with van der Waals surface area (Å²) in [6, 6.07) is 5.76. The molecular formula is C23H26FN5O3. The number of hydrogen-bond donors (Lipinski definition) is 1. The Hall–Kier alpha value is -3.36. The maximum atomic E-state index is 13.3. The Morgan fingerprint density at radius 3 is 2.66 bits per heavy atom. The van der Waals surface area contributed by atoms with Crippen LogP contribution in [0.2, 0.25) is 0 Å². The van der Waals surface area contributed by atoms with Crippen molar-refractivity contribution in [1.82, 2.24) is 20.2 Å². The Morgan fingerprint density at radius 1 is 1.19 bits per heavy atom. The van der Waals surface area contributed by atoms with E-state index in [1.165, 1.54) is 19.1 Å². The maximum absolute atomic E-state index is 13.3. The molecule has 168 valence electrons. The first kappa shape index (κ1) is 21.9. The molecule has 0 radical (unpaired) electrons. The molecule has 3 amide bonds. The van der Waals surface area contributed by atoms with Crippen LogP contribution in [0.4, 0.5) is 10.2 Å². The Kier molecular flexibility index (Phi) is 6.16. The Bertz CT molecular complexity index is 1060. The van der Waals surface area contributed by atoms with Crippen molar-refractivity contribution in [2.45, 2.75) is 52.1 Å². The number of likely N-dealkylation sites (tertiary alicyclic amines) is 1. The molecule has 3 heterocycles. The SMILES string of the molecule is CC(=O)NCC(=O)N1CCCC1c1nc(C)c2c(n1)N(Cc1ccc(F)cc1)C(=O)CC2. The number of rotatable bonds is 5. The zero-order valence-corrected chi connectivity index (χ0v) is 18.2. The number of carbonyl (C=O) groups excluding carboxylic acids is 3. The average Bonchev–Trinajstić information content (AvgIpc) is 3.25. The number of aryl methyl sites for hydroxylation is 1. The summed E-state index contributed by atoms with van der Waals surface area (Å²) < 4.78 is 13.3. The standard InChI is InChI=1S/C23H26FN5O3/c1-14-18-9-10-20(31)29(13-16-5-7-17(24)8-6-16)23(18)27-22(26-14)19-4-3-11-28(19)21(32)12-25-15(2)30/h5-8,19H,3-4,9-13H2,1-2H3,(H,25,30). The monoisotopic (exact) mass is 439 g/mol. The lowest BCUT2D eigenvalue weighted by molar-refractivity contribution is -0.133. The van der Waals surface area contributed by atoms with Gasteiger partial charge in [-0.2, -0.15) is 0 Å². The van der Waals surface area contributed by atoms with Gasteiger partial charge in [0.2, 0.25) is 17.7 Å². The summed E-state index contributed by atoms with van der Waals surface area (Å²) in [6.07, 6.45) is 2.46. The van der Waals surface area contributed by atoms with E-state index in [4.69, 9.17) is 9.97 Å². The molecule has 2 aliphatic heterocycles. The zero-order valence-electron chi connectivity index (χ0n) is 18.2. The lowest BCUT2D eigenvalue weighted by Crippen LogP contribution is -2.40. The van der Waals surface area contributed by atoms with Gasteiger partial charge in [0, 0.05) is 31.1 Å². The van der Waals surface area contributed by atoms with Crippen LogP contribution >= 0.6 is 0 Å². The number of carbonyl (C=O) groups is 3. The summed E-state index contributed by atoms with van der Waals surface area (Å²) in [4.78, 5) is 49.4. The second kappa shape index (κ2) is 9.02. The van der Waals surface area contributed by atoms with Gasteiger partial charge >= 0.3 is 0 Å². The topological polar surface area (TPSA) is 95.5 Å². The molecule has 1 atom stereocenters. The third-order valence-corrected chi connectivity index (χ3v) is 5.97. The minimum absolute atomic E-state index is 0.0455. The predicted molar refractivity (Wildman–Crippen MR) is 115 cm³/mol. The van der Waals surface area contributed by atoms with E-state index in [1.54, 1.807) is 21.9 Å². The molecule has 32 heavy (non-hydrogen) atoms. The lowest BCUT2D eigenvalue weighted by atomic mass is 10.0. The molecule has 4 rings (SSSR count). The molecule has 1 unspecified atom stereocenters. The van der Waals surface area contributed by atoms with Gasteiger partial charge in [-0.3, -0.25) is 19.3 Å². The van der Waals surface area contributed by atoms with Crippen LogP contribution < -0.4 is 10.2 Å². The van der Waals surface area contributed by atoms with E-state index in [1.807, 2.05) is 6.92 Å². The fourth-order valence-corrected chi connectivity index (χ4v) is 4.32. The Morgan fingerprint density at radius 2 is 1.94 bits per heavy atom. The van der Waals surface area contributed by atoms with Gasteiger partial charge < -0.3 is 10.2 Å². The number of anilines is 1. The van der Waals surface area contributed by atoms with Crippen molar-refractivity contribution < 1.29 is 18.8 Å².